The van der Waals surface area contributed by atoms with Gasteiger partial charge in [0.1, 0.15) is 10.7 Å². The predicted molar refractivity (Wildman–Crippen MR) is 98.2 cm³/mol. The zero-order valence-corrected chi connectivity index (χ0v) is 13.9. The van der Waals surface area contributed by atoms with E-state index in [4.69, 9.17) is 0 Å². The van der Waals surface area contributed by atoms with E-state index in [0.29, 0.717) is 5.56 Å². The summed E-state index contributed by atoms with van der Waals surface area (Å²) in [6.07, 6.45) is 3.12. The largest absolute Gasteiger partial charge is 0.316 e. The lowest BCUT2D eigenvalue weighted by atomic mass is 10.2. The molecule has 0 atom stereocenters. The zero-order chi connectivity index (χ0) is 18.7. The van der Waals surface area contributed by atoms with Crippen molar-refractivity contribution in [3.63, 3.8) is 0 Å². The van der Waals surface area contributed by atoms with Gasteiger partial charge in [0.2, 0.25) is 0 Å². The van der Waals surface area contributed by atoms with Crippen LogP contribution < -0.4 is 21.8 Å². The number of hydrogen-bond donors (Lipinski definition) is 1. The number of aromatic amines is 1. The van der Waals surface area contributed by atoms with E-state index in [0.717, 1.165) is 5.56 Å². The molecule has 26 heavy (non-hydrogen) atoms. The van der Waals surface area contributed by atoms with Crippen LogP contribution in [0.4, 0.5) is 5.69 Å². The van der Waals surface area contributed by atoms with E-state index in [1.54, 1.807) is 6.08 Å². The molecule has 0 aliphatic carbocycles. The van der Waals surface area contributed by atoms with Crippen molar-refractivity contribution in [1.29, 1.82) is 0 Å². The third-order valence-electron chi connectivity index (χ3n) is 3.90. The Morgan fingerprint density at radius 2 is 1.58 bits per heavy atom. The predicted octanol–water partition coefficient (Wildman–Crippen LogP) is 0.639. The molecular formula is C19H15N3O4. The van der Waals surface area contributed by atoms with E-state index in [2.05, 4.69) is 4.98 Å². The monoisotopic (exact) mass is 349 g/mol. The molecule has 0 fully saturated rings. The summed E-state index contributed by atoms with van der Waals surface area (Å²) in [4.78, 5) is 37.7. The molecule has 3 aromatic rings. The van der Waals surface area contributed by atoms with Crippen LogP contribution in [0.2, 0.25) is 0 Å². The normalized spacial score (nSPS) is 12.3. The maximum Gasteiger partial charge on any atom is 0.274 e. The second-order valence-corrected chi connectivity index (χ2v) is 5.67. The van der Waals surface area contributed by atoms with Gasteiger partial charge in [0.05, 0.1) is 4.92 Å². The number of benzene rings is 2. The number of non-ortho nitro benzene ring substituents is 1. The van der Waals surface area contributed by atoms with Gasteiger partial charge in [0.25, 0.3) is 16.8 Å². The molecule has 7 heteroatoms. The highest BCUT2D eigenvalue weighted by atomic mass is 16.6. The van der Waals surface area contributed by atoms with Gasteiger partial charge in [0, 0.05) is 19.2 Å². The first-order valence-electron chi connectivity index (χ1n) is 7.78. The van der Waals surface area contributed by atoms with Crippen molar-refractivity contribution in [2.24, 2.45) is 7.05 Å². The fourth-order valence-electron chi connectivity index (χ4n) is 2.51. The Morgan fingerprint density at radius 1 is 0.962 bits per heavy atom. The SMILES string of the molecule is Cn1c(=O)/c(=C/c2ccccc2)[nH]c(=O)/c1=C/c1ccc([N+](=O)[O-])cc1. The van der Waals surface area contributed by atoms with Crippen LogP contribution in [0.15, 0.2) is 64.2 Å². The van der Waals surface area contributed by atoms with Crippen molar-refractivity contribution in [3.05, 3.63) is 107 Å². The summed E-state index contributed by atoms with van der Waals surface area (Å²) in [5, 5.41) is 11.0. The number of H-pyrrole nitrogens is 1. The highest BCUT2D eigenvalue weighted by molar-refractivity contribution is 5.51. The van der Waals surface area contributed by atoms with E-state index < -0.39 is 10.5 Å². The molecule has 2 aromatic carbocycles. The van der Waals surface area contributed by atoms with E-state index in [-0.39, 0.29) is 21.9 Å². The van der Waals surface area contributed by atoms with Crippen LogP contribution >= 0.6 is 0 Å². The highest BCUT2D eigenvalue weighted by Gasteiger charge is 2.04. The lowest BCUT2D eigenvalue weighted by molar-refractivity contribution is -0.384. The Kier molecular flexibility index (Phi) is 4.62. The number of hydrogen-bond acceptors (Lipinski definition) is 4. The van der Waals surface area contributed by atoms with Crippen molar-refractivity contribution in [3.8, 4) is 0 Å². The second-order valence-electron chi connectivity index (χ2n) is 5.67. The minimum atomic E-state index is -0.499. The van der Waals surface area contributed by atoms with Crippen LogP contribution in [-0.4, -0.2) is 14.5 Å². The van der Waals surface area contributed by atoms with Crippen LogP contribution in [0.1, 0.15) is 11.1 Å². The van der Waals surface area contributed by atoms with Crippen LogP contribution in [0.25, 0.3) is 12.2 Å². The first-order chi connectivity index (χ1) is 12.5. The quantitative estimate of drug-likeness (QED) is 0.554. The molecule has 0 saturated carbocycles. The average molecular weight is 349 g/mol. The summed E-state index contributed by atoms with van der Waals surface area (Å²) >= 11 is 0. The molecule has 130 valence electrons. The number of aromatic nitrogens is 2. The molecule has 0 amide bonds. The van der Waals surface area contributed by atoms with Crippen molar-refractivity contribution < 1.29 is 4.92 Å². The minimum absolute atomic E-state index is 0.0437. The molecule has 7 nitrogen and oxygen atoms in total. The van der Waals surface area contributed by atoms with E-state index in [9.17, 15) is 19.7 Å². The van der Waals surface area contributed by atoms with Gasteiger partial charge in [-0.25, -0.2) is 0 Å². The number of nitrogens with one attached hydrogen (secondary N) is 1. The van der Waals surface area contributed by atoms with Crippen molar-refractivity contribution in [2.75, 3.05) is 0 Å². The van der Waals surface area contributed by atoms with Crippen LogP contribution in [0.3, 0.4) is 0 Å². The summed E-state index contributed by atoms with van der Waals surface area (Å²) in [5.41, 5.74) is 0.565. The third-order valence-corrected chi connectivity index (χ3v) is 3.90. The van der Waals surface area contributed by atoms with Crippen LogP contribution in [0, 0.1) is 10.1 Å². The molecule has 0 aliphatic heterocycles. The molecule has 0 aliphatic rings. The summed E-state index contributed by atoms with van der Waals surface area (Å²) in [7, 11) is 1.51. The first-order valence-corrected chi connectivity index (χ1v) is 7.78. The standard InChI is InChI=1S/C19H15N3O4/c1-21-17(12-14-7-9-15(10-8-14)22(25)26)18(23)20-16(19(21)24)11-13-5-3-2-4-6-13/h2-12H,1H3,(H,20,23)/b16-11-,17-12-. The smallest absolute Gasteiger partial charge is 0.274 e. The third kappa shape index (κ3) is 3.51. The summed E-state index contributed by atoms with van der Waals surface area (Å²) in [5.74, 6) is 0. The van der Waals surface area contributed by atoms with Gasteiger partial charge in [-0.15, -0.1) is 0 Å². The van der Waals surface area contributed by atoms with Gasteiger partial charge in [-0.2, -0.15) is 0 Å². The number of nitro benzene ring substituents is 1. The highest BCUT2D eigenvalue weighted by Crippen LogP contribution is 2.11. The van der Waals surface area contributed by atoms with Crippen molar-refractivity contribution >= 4 is 17.8 Å². The lowest BCUT2D eigenvalue weighted by Crippen LogP contribution is -2.52. The molecule has 0 bridgehead atoms. The molecule has 0 unspecified atom stereocenters. The molecular weight excluding hydrogens is 334 g/mol. The number of nitrogens with zero attached hydrogens (tertiary/aromatic N) is 2. The van der Waals surface area contributed by atoms with Gasteiger partial charge in [0.15, 0.2) is 0 Å². The number of nitro groups is 1. The zero-order valence-electron chi connectivity index (χ0n) is 13.9. The summed E-state index contributed by atoms with van der Waals surface area (Å²) < 4.78 is 1.26. The Hall–Kier alpha value is -3.74. The van der Waals surface area contributed by atoms with Crippen molar-refractivity contribution in [1.82, 2.24) is 9.55 Å². The summed E-state index contributed by atoms with van der Waals surface area (Å²) in [6.45, 7) is 0. The molecule has 0 saturated heterocycles. The summed E-state index contributed by atoms with van der Waals surface area (Å²) in [6, 6.07) is 14.9. The van der Waals surface area contributed by atoms with Gasteiger partial charge in [-0.3, -0.25) is 19.7 Å². The van der Waals surface area contributed by atoms with Gasteiger partial charge in [-0.1, -0.05) is 30.3 Å². The maximum atomic E-state index is 12.5. The Balaban J connectivity index is 2.14. The van der Waals surface area contributed by atoms with Gasteiger partial charge < -0.3 is 9.55 Å². The number of rotatable bonds is 3. The van der Waals surface area contributed by atoms with E-state index in [1.165, 1.54) is 42.0 Å². The van der Waals surface area contributed by atoms with E-state index in [1.807, 2.05) is 30.3 Å². The molecule has 1 heterocycles. The molecule has 0 spiro atoms. The Morgan fingerprint density at radius 3 is 2.19 bits per heavy atom. The average Bonchev–Trinajstić information content (AvgIpc) is 2.64. The Labute approximate surface area is 147 Å². The first kappa shape index (κ1) is 17.1. The van der Waals surface area contributed by atoms with Crippen LogP contribution in [-0.2, 0) is 7.05 Å². The molecule has 0 radical (unpaired) electrons. The lowest BCUT2D eigenvalue weighted by Gasteiger charge is -2.00. The fourth-order valence-corrected chi connectivity index (χ4v) is 2.51. The maximum absolute atomic E-state index is 12.5. The molecule has 1 N–H and O–H groups in total. The minimum Gasteiger partial charge on any atom is -0.316 e. The fraction of sp³-hybridized carbons (Fsp3) is 0.0526. The topological polar surface area (TPSA) is 98.0 Å². The Bertz CT molecular complexity index is 1190. The molecule has 3 rings (SSSR count). The van der Waals surface area contributed by atoms with Crippen molar-refractivity contribution in [2.45, 2.75) is 0 Å². The van der Waals surface area contributed by atoms with Crippen LogP contribution in [0.5, 0.6) is 0 Å². The second kappa shape index (κ2) is 7.02. The molecule has 1 aromatic heterocycles. The van der Waals surface area contributed by atoms with Gasteiger partial charge >= 0.3 is 0 Å². The van der Waals surface area contributed by atoms with E-state index >= 15 is 0 Å². The van der Waals surface area contributed by atoms with Gasteiger partial charge in [-0.05, 0) is 35.4 Å².